The molecule has 2 fully saturated rings. The van der Waals surface area contributed by atoms with Gasteiger partial charge in [-0.3, -0.25) is 4.79 Å². The van der Waals surface area contributed by atoms with Gasteiger partial charge in [0.25, 0.3) is 0 Å². The summed E-state index contributed by atoms with van der Waals surface area (Å²) in [5, 5.41) is 6.09. The molecule has 2 aromatic heterocycles. The van der Waals surface area contributed by atoms with Crippen molar-refractivity contribution in [2.75, 3.05) is 11.9 Å². The first-order valence-electron chi connectivity index (χ1n) is 9.16. The van der Waals surface area contributed by atoms with Gasteiger partial charge in [0.05, 0.1) is 6.33 Å². The number of hydrogen-bond donors (Lipinski definition) is 2. The normalized spacial score (nSPS) is 25.4. The first-order chi connectivity index (χ1) is 12.9. The van der Waals surface area contributed by atoms with Crippen LogP contribution in [0.2, 0.25) is 0 Å². The molecule has 0 radical (unpaired) electrons. The minimum Gasteiger partial charge on any atom is -0.365 e. The number of nitrogens with zero attached hydrogens (tertiary/aromatic N) is 4. The van der Waals surface area contributed by atoms with Crippen molar-refractivity contribution in [3.8, 4) is 11.4 Å². The average molecular weight is 376 g/mol. The molecule has 144 valence electrons. The molecule has 1 unspecified atom stereocenters. The predicted molar refractivity (Wildman–Crippen MR) is 95.4 cm³/mol. The maximum Gasteiger partial charge on any atom is 0.248 e. The molecule has 4 rings (SSSR count). The number of rotatable bonds is 4. The van der Waals surface area contributed by atoms with Gasteiger partial charge in [-0.05, 0) is 26.2 Å². The van der Waals surface area contributed by atoms with Crippen LogP contribution in [0.15, 0.2) is 24.9 Å². The highest BCUT2D eigenvalue weighted by Gasteiger charge is 2.39. The Balaban J connectivity index is 1.56. The quantitative estimate of drug-likeness (QED) is 0.857. The van der Waals surface area contributed by atoms with E-state index in [0.29, 0.717) is 43.0 Å². The summed E-state index contributed by atoms with van der Waals surface area (Å²) in [5.74, 6) is -2.08. The van der Waals surface area contributed by atoms with Crippen LogP contribution in [-0.4, -0.2) is 43.9 Å². The van der Waals surface area contributed by atoms with E-state index in [1.54, 1.807) is 29.5 Å². The highest BCUT2D eigenvalue weighted by atomic mass is 19.3. The largest absolute Gasteiger partial charge is 0.365 e. The molecule has 1 atom stereocenters. The molecule has 1 aliphatic carbocycles. The van der Waals surface area contributed by atoms with E-state index in [4.69, 9.17) is 0 Å². The van der Waals surface area contributed by atoms with Gasteiger partial charge in [-0.1, -0.05) is 0 Å². The van der Waals surface area contributed by atoms with E-state index < -0.39 is 11.5 Å². The lowest BCUT2D eigenvalue weighted by atomic mass is 9.92. The van der Waals surface area contributed by atoms with Crippen LogP contribution in [-0.2, 0) is 10.3 Å². The molecule has 1 amide bonds. The van der Waals surface area contributed by atoms with Crippen LogP contribution in [0.25, 0.3) is 11.4 Å². The number of anilines is 1. The minimum atomic E-state index is -2.57. The maximum absolute atomic E-state index is 13.4. The summed E-state index contributed by atoms with van der Waals surface area (Å²) in [6.07, 6.45) is 7.75. The Bertz CT molecular complexity index is 844. The highest BCUT2D eigenvalue weighted by molar-refractivity contribution is 5.86. The van der Waals surface area contributed by atoms with E-state index in [9.17, 15) is 13.6 Å². The van der Waals surface area contributed by atoms with Crippen molar-refractivity contribution in [3.63, 3.8) is 0 Å². The van der Waals surface area contributed by atoms with E-state index in [0.717, 1.165) is 0 Å². The SMILES string of the molecule is CC1(n2cnc(-c3nccnc3NC3CCC(F)(F)CC3)c2)CCNC1=O. The van der Waals surface area contributed by atoms with Crippen molar-refractivity contribution in [2.24, 2.45) is 0 Å². The molecule has 2 aliphatic rings. The Kier molecular flexibility index (Phi) is 4.32. The Morgan fingerprint density at radius 2 is 1.93 bits per heavy atom. The first-order valence-corrected chi connectivity index (χ1v) is 9.16. The van der Waals surface area contributed by atoms with Gasteiger partial charge in [-0.15, -0.1) is 0 Å². The summed E-state index contributed by atoms with van der Waals surface area (Å²) in [7, 11) is 0. The average Bonchev–Trinajstić information content (AvgIpc) is 3.26. The molecular formula is C18H22F2N6O. The molecule has 27 heavy (non-hydrogen) atoms. The van der Waals surface area contributed by atoms with Crippen LogP contribution >= 0.6 is 0 Å². The molecule has 7 nitrogen and oxygen atoms in total. The molecule has 0 spiro atoms. The van der Waals surface area contributed by atoms with Crippen molar-refractivity contribution in [1.29, 1.82) is 0 Å². The number of alkyl halides is 2. The monoisotopic (exact) mass is 376 g/mol. The van der Waals surface area contributed by atoms with Crippen molar-refractivity contribution in [1.82, 2.24) is 24.8 Å². The van der Waals surface area contributed by atoms with Gasteiger partial charge in [0.15, 0.2) is 5.82 Å². The van der Waals surface area contributed by atoms with Crippen LogP contribution in [0.3, 0.4) is 0 Å². The Morgan fingerprint density at radius 3 is 2.63 bits per heavy atom. The van der Waals surface area contributed by atoms with Crippen molar-refractivity contribution in [2.45, 2.75) is 56.5 Å². The van der Waals surface area contributed by atoms with Gasteiger partial charge in [0, 0.05) is 44.0 Å². The molecule has 9 heteroatoms. The summed E-state index contributed by atoms with van der Waals surface area (Å²) >= 11 is 0. The van der Waals surface area contributed by atoms with Crippen molar-refractivity contribution < 1.29 is 13.6 Å². The van der Waals surface area contributed by atoms with E-state index in [1.807, 2.05) is 6.92 Å². The number of amides is 1. The number of nitrogens with one attached hydrogen (secondary N) is 2. The zero-order valence-corrected chi connectivity index (χ0v) is 15.1. The Morgan fingerprint density at radius 1 is 1.19 bits per heavy atom. The van der Waals surface area contributed by atoms with Crippen LogP contribution in [0, 0.1) is 0 Å². The van der Waals surface area contributed by atoms with E-state index in [2.05, 4.69) is 25.6 Å². The van der Waals surface area contributed by atoms with Gasteiger partial charge in [0.2, 0.25) is 11.8 Å². The molecule has 3 heterocycles. The predicted octanol–water partition coefficient (Wildman–Crippen LogP) is 2.57. The summed E-state index contributed by atoms with van der Waals surface area (Å²) < 4.78 is 28.6. The van der Waals surface area contributed by atoms with E-state index >= 15 is 0 Å². The van der Waals surface area contributed by atoms with Gasteiger partial charge < -0.3 is 15.2 Å². The molecule has 2 aromatic rings. The van der Waals surface area contributed by atoms with Gasteiger partial charge >= 0.3 is 0 Å². The Hall–Kier alpha value is -2.58. The summed E-state index contributed by atoms with van der Waals surface area (Å²) in [6, 6.07) is -0.0692. The zero-order chi connectivity index (χ0) is 19.1. The Labute approximate surface area is 155 Å². The van der Waals surface area contributed by atoms with Crippen LogP contribution in [0.4, 0.5) is 14.6 Å². The summed E-state index contributed by atoms with van der Waals surface area (Å²) in [4.78, 5) is 25.3. The highest BCUT2D eigenvalue weighted by Crippen LogP contribution is 2.35. The lowest BCUT2D eigenvalue weighted by Crippen LogP contribution is -2.37. The fraction of sp³-hybridized carbons (Fsp3) is 0.556. The molecular weight excluding hydrogens is 354 g/mol. The molecule has 1 aliphatic heterocycles. The molecule has 1 saturated heterocycles. The van der Waals surface area contributed by atoms with E-state index in [1.165, 1.54) is 0 Å². The summed E-state index contributed by atoms with van der Waals surface area (Å²) in [5.41, 5.74) is 0.471. The number of halogens is 2. The zero-order valence-electron chi connectivity index (χ0n) is 15.1. The van der Waals surface area contributed by atoms with Crippen LogP contribution in [0.5, 0.6) is 0 Å². The molecule has 1 saturated carbocycles. The van der Waals surface area contributed by atoms with Crippen LogP contribution in [0.1, 0.15) is 39.0 Å². The van der Waals surface area contributed by atoms with Gasteiger partial charge in [-0.25, -0.2) is 23.7 Å². The minimum absolute atomic E-state index is 0.0351. The summed E-state index contributed by atoms with van der Waals surface area (Å²) in [6.45, 7) is 2.51. The second-order valence-corrected chi connectivity index (χ2v) is 7.47. The fourth-order valence-electron chi connectivity index (χ4n) is 3.69. The van der Waals surface area contributed by atoms with Crippen molar-refractivity contribution >= 4 is 11.7 Å². The third-order valence-corrected chi connectivity index (χ3v) is 5.54. The van der Waals surface area contributed by atoms with Gasteiger partial charge in [0.1, 0.15) is 16.9 Å². The fourth-order valence-corrected chi connectivity index (χ4v) is 3.69. The standard InChI is InChI=1S/C18H22F2N6O/c1-17(6-7-23-16(17)27)26-10-13(24-11-26)14-15(22-9-8-21-14)25-12-2-4-18(19,20)5-3-12/h8-12H,2-7H2,1H3,(H,22,25)(H,23,27). The lowest BCUT2D eigenvalue weighted by molar-refractivity contribution is -0.125. The molecule has 0 bridgehead atoms. The number of hydrogen-bond acceptors (Lipinski definition) is 5. The number of carbonyl (C=O) groups is 1. The number of imidazole rings is 1. The van der Waals surface area contributed by atoms with Crippen LogP contribution < -0.4 is 10.6 Å². The number of aromatic nitrogens is 4. The first kappa shape index (κ1) is 17.8. The molecule has 2 N–H and O–H groups in total. The second kappa shape index (κ2) is 6.54. The smallest absolute Gasteiger partial charge is 0.248 e. The third-order valence-electron chi connectivity index (χ3n) is 5.54. The van der Waals surface area contributed by atoms with E-state index in [-0.39, 0.29) is 24.8 Å². The number of carbonyl (C=O) groups excluding carboxylic acids is 1. The second-order valence-electron chi connectivity index (χ2n) is 7.47. The molecule has 0 aromatic carbocycles. The topological polar surface area (TPSA) is 84.7 Å². The third kappa shape index (κ3) is 3.38. The van der Waals surface area contributed by atoms with Crippen molar-refractivity contribution in [3.05, 3.63) is 24.9 Å². The maximum atomic E-state index is 13.4. The lowest BCUT2D eigenvalue weighted by Gasteiger charge is -2.29. The van der Waals surface area contributed by atoms with Gasteiger partial charge in [-0.2, -0.15) is 0 Å².